The zero-order valence-corrected chi connectivity index (χ0v) is 15.1. The molecule has 1 N–H and O–H groups in total. The molecule has 1 heterocycles. The number of carbonyl (C=O) groups is 1. The van der Waals surface area contributed by atoms with E-state index in [1.165, 1.54) is 0 Å². The van der Waals surface area contributed by atoms with Crippen molar-refractivity contribution in [2.24, 2.45) is 5.92 Å². The van der Waals surface area contributed by atoms with E-state index in [2.05, 4.69) is 36.3 Å². The van der Waals surface area contributed by atoms with Crippen molar-refractivity contribution in [3.8, 4) is 0 Å². The Balaban J connectivity index is 1.81. The second-order valence-corrected chi connectivity index (χ2v) is 7.22. The molecule has 4 nitrogen and oxygen atoms in total. The highest BCUT2D eigenvalue weighted by atomic mass is 35.5. The number of hydrogen-bond donors (Lipinski definition) is 1. The molecule has 1 aliphatic rings. The first-order valence-electron chi connectivity index (χ1n) is 8.33. The van der Waals surface area contributed by atoms with Crippen LogP contribution in [0.25, 0.3) is 0 Å². The average Bonchev–Trinajstić information content (AvgIpc) is 2.69. The minimum absolute atomic E-state index is 0.0873. The minimum atomic E-state index is 0.0873. The summed E-state index contributed by atoms with van der Waals surface area (Å²) < 4.78 is 0. The fraction of sp³-hybridized carbons (Fsp3) is 0.611. The summed E-state index contributed by atoms with van der Waals surface area (Å²) in [6.45, 7) is 2.53. The van der Waals surface area contributed by atoms with Crippen LogP contribution in [0, 0.1) is 5.92 Å². The third-order valence-electron chi connectivity index (χ3n) is 4.61. The highest BCUT2D eigenvalue weighted by Gasteiger charge is 2.27. The van der Waals surface area contributed by atoms with Crippen molar-refractivity contribution in [2.45, 2.75) is 25.3 Å². The van der Waals surface area contributed by atoms with E-state index in [9.17, 15) is 4.79 Å². The number of amides is 1. The number of rotatable bonds is 5. The van der Waals surface area contributed by atoms with Gasteiger partial charge in [0.15, 0.2) is 0 Å². The lowest BCUT2D eigenvalue weighted by atomic mass is 10.0. The zero-order valence-electron chi connectivity index (χ0n) is 14.4. The van der Waals surface area contributed by atoms with Crippen LogP contribution in [0.3, 0.4) is 0 Å². The van der Waals surface area contributed by atoms with Crippen LogP contribution in [0.15, 0.2) is 24.3 Å². The van der Waals surface area contributed by atoms with E-state index in [-0.39, 0.29) is 11.8 Å². The van der Waals surface area contributed by atoms with Crippen molar-refractivity contribution in [1.29, 1.82) is 0 Å². The normalized spacial score (nSPS) is 22.8. The van der Waals surface area contributed by atoms with Gasteiger partial charge in [-0.05, 0) is 58.1 Å². The molecule has 0 unspecified atom stereocenters. The Morgan fingerprint density at radius 3 is 2.83 bits per heavy atom. The van der Waals surface area contributed by atoms with Gasteiger partial charge in [0.2, 0.25) is 5.91 Å². The average molecular weight is 338 g/mol. The van der Waals surface area contributed by atoms with Crippen LogP contribution in [0.5, 0.6) is 0 Å². The number of nitrogens with one attached hydrogen (secondary N) is 1. The zero-order chi connectivity index (χ0) is 16.8. The Labute approximate surface area is 144 Å². The number of nitrogens with zero attached hydrogens (tertiary/aromatic N) is 2. The standard InChI is InChI=1S/C18H28ClN3O/c1-21(2)17-8-7-15(12-22(3)13-17)18(23)20-10-9-14-5-4-6-16(19)11-14/h4-6,11,15,17H,7-10,12-13H2,1-3H3,(H,20,23)/t15-,17+/m1/s1. The quantitative estimate of drug-likeness (QED) is 0.895. The van der Waals surface area contributed by atoms with Crippen LogP contribution >= 0.6 is 11.6 Å². The van der Waals surface area contributed by atoms with Crippen LogP contribution in [0.1, 0.15) is 18.4 Å². The van der Waals surface area contributed by atoms with Gasteiger partial charge >= 0.3 is 0 Å². The van der Waals surface area contributed by atoms with Crippen molar-refractivity contribution < 1.29 is 4.79 Å². The highest BCUT2D eigenvalue weighted by molar-refractivity contribution is 6.30. The largest absolute Gasteiger partial charge is 0.355 e. The van der Waals surface area contributed by atoms with E-state index in [4.69, 9.17) is 11.6 Å². The lowest BCUT2D eigenvalue weighted by Crippen LogP contribution is -2.39. The van der Waals surface area contributed by atoms with Gasteiger partial charge in [-0.1, -0.05) is 23.7 Å². The van der Waals surface area contributed by atoms with Gasteiger partial charge in [-0.25, -0.2) is 0 Å². The molecule has 0 radical (unpaired) electrons. The van der Waals surface area contributed by atoms with Gasteiger partial charge in [-0.2, -0.15) is 0 Å². The maximum absolute atomic E-state index is 12.5. The predicted molar refractivity (Wildman–Crippen MR) is 95.9 cm³/mol. The third-order valence-corrected chi connectivity index (χ3v) is 4.84. The van der Waals surface area contributed by atoms with E-state index in [1.807, 2.05) is 24.3 Å². The Kier molecular flexibility index (Phi) is 6.88. The van der Waals surface area contributed by atoms with Crippen LogP contribution in [-0.4, -0.2) is 62.5 Å². The molecule has 0 bridgehead atoms. The molecule has 0 spiro atoms. The Bertz CT molecular complexity index is 521. The number of halogens is 1. The Morgan fingerprint density at radius 2 is 2.13 bits per heavy atom. The summed E-state index contributed by atoms with van der Waals surface area (Å²) >= 11 is 5.98. The molecule has 1 aliphatic heterocycles. The first-order valence-corrected chi connectivity index (χ1v) is 8.70. The molecule has 1 aromatic rings. The number of carbonyl (C=O) groups excluding carboxylic acids is 1. The SMILES string of the molecule is CN1C[C@H](C(=O)NCCc2cccc(Cl)c2)CC[C@H](N(C)C)C1. The Hall–Kier alpha value is -1.10. The summed E-state index contributed by atoms with van der Waals surface area (Å²) in [5.41, 5.74) is 1.16. The van der Waals surface area contributed by atoms with Crippen molar-refractivity contribution in [2.75, 3.05) is 40.8 Å². The number of hydrogen-bond acceptors (Lipinski definition) is 3. The highest BCUT2D eigenvalue weighted by Crippen LogP contribution is 2.18. The third kappa shape index (κ3) is 5.79. The minimum Gasteiger partial charge on any atom is -0.355 e. The van der Waals surface area contributed by atoms with Crippen molar-refractivity contribution in [3.05, 3.63) is 34.9 Å². The molecule has 0 saturated carbocycles. The van der Waals surface area contributed by atoms with Crippen LogP contribution in [-0.2, 0) is 11.2 Å². The molecular weight excluding hydrogens is 310 g/mol. The molecule has 0 aliphatic carbocycles. The van der Waals surface area contributed by atoms with Gasteiger partial charge in [0.25, 0.3) is 0 Å². The first-order chi connectivity index (χ1) is 11.0. The molecule has 1 fully saturated rings. The fourth-order valence-corrected chi connectivity index (χ4v) is 3.40. The second kappa shape index (κ2) is 8.67. The summed E-state index contributed by atoms with van der Waals surface area (Å²) in [7, 11) is 6.34. The van der Waals surface area contributed by atoms with Gasteiger partial charge in [-0.3, -0.25) is 4.79 Å². The molecule has 1 amide bonds. The summed E-state index contributed by atoms with van der Waals surface area (Å²) in [6, 6.07) is 8.34. The number of likely N-dealkylation sites (tertiary alicyclic amines) is 1. The van der Waals surface area contributed by atoms with Gasteiger partial charge in [0, 0.05) is 30.7 Å². The van der Waals surface area contributed by atoms with E-state index < -0.39 is 0 Å². The number of likely N-dealkylation sites (N-methyl/N-ethyl adjacent to an activating group) is 2. The number of benzene rings is 1. The molecule has 0 aromatic heterocycles. The van der Waals surface area contributed by atoms with Gasteiger partial charge in [-0.15, -0.1) is 0 Å². The van der Waals surface area contributed by atoms with E-state index in [0.717, 1.165) is 42.9 Å². The molecule has 2 rings (SSSR count). The molecule has 2 atom stereocenters. The molecule has 1 aromatic carbocycles. The molecule has 128 valence electrons. The molecule has 5 heteroatoms. The Morgan fingerprint density at radius 1 is 1.35 bits per heavy atom. The topological polar surface area (TPSA) is 35.6 Å². The smallest absolute Gasteiger partial charge is 0.224 e. The summed E-state index contributed by atoms with van der Waals surface area (Å²) in [4.78, 5) is 17.0. The predicted octanol–water partition coefficient (Wildman–Crippen LogP) is 2.27. The summed E-state index contributed by atoms with van der Waals surface area (Å²) in [6.07, 6.45) is 2.84. The maximum Gasteiger partial charge on any atom is 0.224 e. The summed E-state index contributed by atoms with van der Waals surface area (Å²) in [5.74, 6) is 0.266. The van der Waals surface area contributed by atoms with Crippen molar-refractivity contribution >= 4 is 17.5 Å². The second-order valence-electron chi connectivity index (χ2n) is 6.78. The first kappa shape index (κ1) is 18.2. The van der Waals surface area contributed by atoms with Crippen molar-refractivity contribution in [3.63, 3.8) is 0 Å². The summed E-state index contributed by atoms with van der Waals surface area (Å²) in [5, 5.41) is 3.83. The molecular formula is C18H28ClN3O. The monoisotopic (exact) mass is 337 g/mol. The van der Waals surface area contributed by atoms with E-state index in [1.54, 1.807) is 0 Å². The van der Waals surface area contributed by atoms with Crippen molar-refractivity contribution in [1.82, 2.24) is 15.1 Å². The fourth-order valence-electron chi connectivity index (χ4n) is 3.19. The lowest BCUT2D eigenvalue weighted by Gasteiger charge is -2.25. The van der Waals surface area contributed by atoms with Gasteiger partial charge < -0.3 is 15.1 Å². The van der Waals surface area contributed by atoms with Gasteiger partial charge in [0.05, 0.1) is 5.92 Å². The maximum atomic E-state index is 12.5. The van der Waals surface area contributed by atoms with E-state index in [0.29, 0.717) is 12.6 Å². The van der Waals surface area contributed by atoms with Crippen LogP contribution in [0.4, 0.5) is 0 Å². The molecule has 23 heavy (non-hydrogen) atoms. The molecule has 1 saturated heterocycles. The van der Waals surface area contributed by atoms with Crippen LogP contribution in [0.2, 0.25) is 5.02 Å². The van der Waals surface area contributed by atoms with E-state index >= 15 is 0 Å². The lowest BCUT2D eigenvalue weighted by molar-refractivity contribution is -0.125. The van der Waals surface area contributed by atoms with Crippen LogP contribution < -0.4 is 5.32 Å². The van der Waals surface area contributed by atoms with Gasteiger partial charge in [0.1, 0.15) is 0 Å².